The first-order chi connectivity index (χ1) is 8.17. The van der Waals surface area contributed by atoms with Gasteiger partial charge in [-0.2, -0.15) is 0 Å². The summed E-state index contributed by atoms with van der Waals surface area (Å²) in [6.07, 6.45) is 3.06. The van der Waals surface area contributed by atoms with Crippen molar-refractivity contribution in [1.82, 2.24) is 10.2 Å². The molecule has 0 spiro atoms. The molecule has 1 atom stereocenters. The van der Waals surface area contributed by atoms with Crippen molar-refractivity contribution in [2.24, 2.45) is 0 Å². The van der Waals surface area contributed by atoms with Crippen LogP contribution in [0.4, 0.5) is 0 Å². The maximum Gasteiger partial charge on any atom is 0.323 e. The largest absolute Gasteiger partial charge is 0.480 e. The van der Waals surface area contributed by atoms with E-state index in [1.807, 2.05) is 13.8 Å². The zero-order valence-electron chi connectivity index (χ0n) is 12.4. The van der Waals surface area contributed by atoms with Gasteiger partial charge in [-0.05, 0) is 60.4 Å². The SMILES string of the molecule is CC(C)NC(C)(CCN1CCCC1(C)C)C(=O)O. The van der Waals surface area contributed by atoms with Gasteiger partial charge in [0.25, 0.3) is 0 Å². The molecular formula is C14H28N2O2. The Morgan fingerprint density at radius 3 is 2.50 bits per heavy atom. The summed E-state index contributed by atoms with van der Waals surface area (Å²) in [5, 5.41) is 12.6. The van der Waals surface area contributed by atoms with Crippen molar-refractivity contribution in [1.29, 1.82) is 0 Å². The van der Waals surface area contributed by atoms with Crippen LogP contribution in [0.2, 0.25) is 0 Å². The molecular weight excluding hydrogens is 228 g/mol. The first-order valence-electron chi connectivity index (χ1n) is 6.93. The summed E-state index contributed by atoms with van der Waals surface area (Å²) in [4.78, 5) is 13.9. The Balaban J connectivity index is 2.60. The van der Waals surface area contributed by atoms with Crippen molar-refractivity contribution in [3.63, 3.8) is 0 Å². The van der Waals surface area contributed by atoms with Crippen molar-refractivity contribution in [3.05, 3.63) is 0 Å². The molecule has 1 heterocycles. The zero-order chi connectivity index (χ0) is 14.0. The van der Waals surface area contributed by atoms with Crippen LogP contribution in [0.15, 0.2) is 0 Å². The van der Waals surface area contributed by atoms with Gasteiger partial charge in [0.1, 0.15) is 5.54 Å². The number of hydrogen-bond acceptors (Lipinski definition) is 3. The molecule has 2 N–H and O–H groups in total. The average Bonchev–Trinajstić information content (AvgIpc) is 2.53. The summed E-state index contributed by atoms with van der Waals surface area (Å²) in [5.74, 6) is -0.756. The van der Waals surface area contributed by atoms with Crippen molar-refractivity contribution < 1.29 is 9.90 Å². The highest BCUT2D eigenvalue weighted by atomic mass is 16.4. The molecule has 18 heavy (non-hydrogen) atoms. The number of carbonyl (C=O) groups is 1. The second-order valence-corrected chi connectivity index (χ2v) is 6.59. The van der Waals surface area contributed by atoms with Crippen molar-refractivity contribution in [3.8, 4) is 0 Å². The Kier molecular flexibility index (Phi) is 4.78. The zero-order valence-corrected chi connectivity index (χ0v) is 12.4. The lowest BCUT2D eigenvalue weighted by Gasteiger charge is -2.35. The smallest absolute Gasteiger partial charge is 0.323 e. The third-order valence-corrected chi connectivity index (χ3v) is 4.03. The van der Waals surface area contributed by atoms with Crippen LogP contribution in [0.5, 0.6) is 0 Å². The number of likely N-dealkylation sites (tertiary alicyclic amines) is 1. The molecule has 106 valence electrons. The van der Waals surface area contributed by atoms with Gasteiger partial charge < -0.3 is 5.11 Å². The number of carboxylic acid groups (broad SMARTS) is 1. The number of rotatable bonds is 6. The monoisotopic (exact) mass is 256 g/mol. The minimum atomic E-state index is -0.827. The molecule has 4 nitrogen and oxygen atoms in total. The van der Waals surface area contributed by atoms with Crippen LogP contribution < -0.4 is 5.32 Å². The molecule has 0 aromatic rings. The lowest BCUT2D eigenvalue weighted by Crippen LogP contribution is -2.54. The predicted molar refractivity (Wildman–Crippen MR) is 73.8 cm³/mol. The Morgan fingerprint density at radius 2 is 2.11 bits per heavy atom. The molecule has 1 rings (SSSR count). The van der Waals surface area contributed by atoms with E-state index >= 15 is 0 Å². The van der Waals surface area contributed by atoms with Gasteiger partial charge in [0.2, 0.25) is 0 Å². The van der Waals surface area contributed by atoms with Crippen molar-refractivity contribution >= 4 is 5.97 Å². The maximum atomic E-state index is 11.4. The van der Waals surface area contributed by atoms with Crippen LogP contribution in [0.3, 0.4) is 0 Å². The molecule has 0 amide bonds. The minimum absolute atomic E-state index is 0.178. The fourth-order valence-corrected chi connectivity index (χ4v) is 2.81. The van der Waals surface area contributed by atoms with Gasteiger partial charge in [-0.3, -0.25) is 15.0 Å². The quantitative estimate of drug-likeness (QED) is 0.764. The van der Waals surface area contributed by atoms with Crippen LogP contribution in [-0.4, -0.2) is 46.2 Å². The second kappa shape index (κ2) is 5.57. The number of aliphatic carboxylic acids is 1. The van der Waals surface area contributed by atoms with Crippen LogP contribution in [0.25, 0.3) is 0 Å². The lowest BCUT2D eigenvalue weighted by atomic mass is 9.95. The third kappa shape index (κ3) is 3.69. The van der Waals surface area contributed by atoms with E-state index in [-0.39, 0.29) is 11.6 Å². The molecule has 1 unspecified atom stereocenters. The number of hydrogen-bond donors (Lipinski definition) is 2. The molecule has 0 aromatic carbocycles. The van der Waals surface area contributed by atoms with Crippen molar-refractivity contribution in [2.75, 3.05) is 13.1 Å². The standard InChI is InChI=1S/C14H28N2O2/c1-11(2)15-14(5,12(17)18)8-10-16-9-6-7-13(16,3)4/h11,15H,6-10H2,1-5H3,(H,17,18). The van der Waals surface area contributed by atoms with Gasteiger partial charge in [0, 0.05) is 18.1 Å². The van der Waals surface area contributed by atoms with Crippen LogP contribution in [0.1, 0.15) is 53.9 Å². The Bertz CT molecular complexity index is 302. The highest BCUT2D eigenvalue weighted by Gasteiger charge is 2.37. The van der Waals surface area contributed by atoms with Gasteiger partial charge >= 0.3 is 5.97 Å². The Morgan fingerprint density at radius 1 is 1.50 bits per heavy atom. The Labute approximate surface area is 111 Å². The molecule has 0 radical (unpaired) electrons. The van der Waals surface area contributed by atoms with Crippen LogP contribution in [0, 0.1) is 0 Å². The number of nitrogens with one attached hydrogen (secondary N) is 1. The first kappa shape index (κ1) is 15.4. The van der Waals surface area contributed by atoms with Crippen LogP contribution >= 0.6 is 0 Å². The van der Waals surface area contributed by atoms with E-state index in [1.165, 1.54) is 12.8 Å². The average molecular weight is 256 g/mol. The molecule has 1 saturated heterocycles. The van der Waals surface area contributed by atoms with Gasteiger partial charge in [0.15, 0.2) is 0 Å². The maximum absolute atomic E-state index is 11.4. The van der Waals surface area contributed by atoms with E-state index in [1.54, 1.807) is 6.92 Å². The summed E-state index contributed by atoms with van der Waals surface area (Å²) >= 11 is 0. The summed E-state index contributed by atoms with van der Waals surface area (Å²) in [5.41, 5.74) is -0.607. The minimum Gasteiger partial charge on any atom is -0.480 e. The summed E-state index contributed by atoms with van der Waals surface area (Å²) < 4.78 is 0. The first-order valence-corrected chi connectivity index (χ1v) is 6.93. The molecule has 4 heteroatoms. The molecule has 0 aromatic heterocycles. The molecule has 0 aliphatic carbocycles. The number of nitrogens with zero attached hydrogens (tertiary/aromatic N) is 1. The fraction of sp³-hybridized carbons (Fsp3) is 0.929. The van der Waals surface area contributed by atoms with Crippen LogP contribution in [-0.2, 0) is 4.79 Å². The molecule has 1 aliphatic heterocycles. The second-order valence-electron chi connectivity index (χ2n) is 6.59. The summed E-state index contributed by atoms with van der Waals surface area (Å²) in [6.45, 7) is 12.2. The Hall–Kier alpha value is -0.610. The molecule has 0 bridgehead atoms. The van der Waals surface area contributed by atoms with E-state index in [9.17, 15) is 9.90 Å². The van der Waals surface area contributed by atoms with Gasteiger partial charge in [-0.25, -0.2) is 0 Å². The van der Waals surface area contributed by atoms with Gasteiger partial charge in [0.05, 0.1) is 0 Å². The highest BCUT2D eigenvalue weighted by Crippen LogP contribution is 2.29. The van der Waals surface area contributed by atoms with Gasteiger partial charge in [-0.15, -0.1) is 0 Å². The predicted octanol–water partition coefficient (Wildman–Crippen LogP) is 2.09. The normalized spacial score (nSPS) is 23.2. The molecule has 1 aliphatic rings. The van der Waals surface area contributed by atoms with E-state index in [0.29, 0.717) is 6.42 Å². The summed E-state index contributed by atoms with van der Waals surface area (Å²) in [7, 11) is 0. The van der Waals surface area contributed by atoms with E-state index < -0.39 is 11.5 Å². The fourth-order valence-electron chi connectivity index (χ4n) is 2.81. The van der Waals surface area contributed by atoms with E-state index in [4.69, 9.17) is 0 Å². The topological polar surface area (TPSA) is 52.6 Å². The summed E-state index contributed by atoms with van der Waals surface area (Å²) in [6, 6.07) is 0.178. The van der Waals surface area contributed by atoms with Gasteiger partial charge in [-0.1, -0.05) is 0 Å². The third-order valence-electron chi connectivity index (χ3n) is 4.03. The molecule has 0 saturated carbocycles. The number of carboxylic acids is 1. The molecule has 1 fully saturated rings. The highest BCUT2D eigenvalue weighted by molar-refractivity contribution is 5.78. The van der Waals surface area contributed by atoms with Crippen molar-refractivity contribution in [2.45, 2.75) is 71.0 Å². The van der Waals surface area contributed by atoms with E-state index in [2.05, 4.69) is 24.1 Å². The van der Waals surface area contributed by atoms with E-state index in [0.717, 1.165) is 13.1 Å². The lowest BCUT2D eigenvalue weighted by molar-refractivity contribution is -0.145.